The van der Waals surface area contributed by atoms with E-state index in [4.69, 9.17) is 0 Å². The van der Waals surface area contributed by atoms with Gasteiger partial charge in [0, 0.05) is 12.6 Å². The van der Waals surface area contributed by atoms with Crippen LogP contribution >= 0.6 is 0 Å². The van der Waals surface area contributed by atoms with Crippen LogP contribution in [0.4, 0.5) is 0 Å². The number of hydrogen-bond donors (Lipinski definition) is 3. The highest BCUT2D eigenvalue weighted by Gasteiger charge is 2.24. The Morgan fingerprint density at radius 1 is 1.14 bits per heavy atom. The van der Waals surface area contributed by atoms with Gasteiger partial charge in [-0.2, -0.15) is 0 Å². The van der Waals surface area contributed by atoms with Crippen LogP contribution in [0, 0.1) is 5.92 Å². The smallest absolute Gasteiger partial charge is 0.278 e. The highest BCUT2D eigenvalue weighted by atomic mass is 16.2. The van der Waals surface area contributed by atoms with Gasteiger partial charge in [-0.3, -0.25) is 9.59 Å². The van der Waals surface area contributed by atoms with Gasteiger partial charge in [0.15, 0.2) is 12.6 Å². The molecule has 0 aromatic heterocycles. The molecule has 3 N–H and O–H groups in total. The zero-order valence-electron chi connectivity index (χ0n) is 14.0. The molecule has 1 saturated carbocycles. The molecule has 122 valence electrons. The lowest BCUT2D eigenvalue weighted by Crippen LogP contribution is -3.15. The molecule has 0 bridgehead atoms. The zero-order chi connectivity index (χ0) is 15.8. The summed E-state index contributed by atoms with van der Waals surface area (Å²) >= 11 is 0. The van der Waals surface area contributed by atoms with Gasteiger partial charge in [-0.15, -0.1) is 0 Å². The SMILES string of the molecule is CC(C)NC(=O)C[NH+](C)[C@@H](C)C(=O)NCC1CCCCC1. The molecule has 5 heteroatoms. The summed E-state index contributed by atoms with van der Waals surface area (Å²) < 4.78 is 0. The van der Waals surface area contributed by atoms with Crippen LogP contribution in [0.1, 0.15) is 52.9 Å². The Hall–Kier alpha value is -1.10. The van der Waals surface area contributed by atoms with Crippen LogP contribution in [0.5, 0.6) is 0 Å². The summed E-state index contributed by atoms with van der Waals surface area (Å²) in [5, 5.41) is 5.92. The van der Waals surface area contributed by atoms with Gasteiger partial charge < -0.3 is 15.5 Å². The molecule has 1 aliphatic carbocycles. The molecule has 1 rings (SSSR count). The molecule has 0 radical (unpaired) electrons. The van der Waals surface area contributed by atoms with Gasteiger partial charge in [0.1, 0.15) is 0 Å². The summed E-state index contributed by atoms with van der Waals surface area (Å²) in [4.78, 5) is 24.8. The highest BCUT2D eigenvalue weighted by molar-refractivity contribution is 5.81. The molecule has 0 spiro atoms. The summed E-state index contributed by atoms with van der Waals surface area (Å²) in [7, 11) is 1.89. The first kappa shape index (κ1) is 18.0. The minimum Gasteiger partial charge on any atom is -0.351 e. The van der Waals surface area contributed by atoms with E-state index < -0.39 is 0 Å². The number of hydrogen-bond acceptors (Lipinski definition) is 2. The van der Waals surface area contributed by atoms with Gasteiger partial charge in [-0.25, -0.2) is 0 Å². The van der Waals surface area contributed by atoms with Crippen LogP contribution in [0.15, 0.2) is 0 Å². The fourth-order valence-corrected chi connectivity index (χ4v) is 2.79. The molecule has 1 aliphatic rings. The van der Waals surface area contributed by atoms with E-state index in [9.17, 15) is 9.59 Å². The fourth-order valence-electron chi connectivity index (χ4n) is 2.79. The Kier molecular flexibility index (Phi) is 7.72. The van der Waals surface area contributed by atoms with Gasteiger partial charge >= 0.3 is 0 Å². The van der Waals surface area contributed by atoms with Crippen molar-refractivity contribution in [2.45, 2.75) is 65.0 Å². The van der Waals surface area contributed by atoms with E-state index in [1.807, 2.05) is 27.8 Å². The number of carbonyl (C=O) groups is 2. The van der Waals surface area contributed by atoms with Gasteiger partial charge in [0.2, 0.25) is 0 Å². The second-order valence-electron chi connectivity index (χ2n) is 6.72. The monoisotopic (exact) mass is 298 g/mol. The topological polar surface area (TPSA) is 62.6 Å². The maximum Gasteiger partial charge on any atom is 0.278 e. The predicted octanol–water partition coefficient (Wildman–Crippen LogP) is 0.111. The number of carbonyl (C=O) groups excluding carboxylic acids is 2. The van der Waals surface area contributed by atoms with Crippen LogP contribution in [-0.2, 0) is 9.59 Å². The minimum atomic E-state index is -0.202. The van der Waals surface area contributed by atoms with Gasteiger partial charge in [-0.1, -0.05) is 19.3 Å². The molecule has 1 unspecified atom stereocenters. The first-order valence-corrected chi connectivity index (χ1v) is 8.29. The van der Waals surface area contributed by atoms with E-state index in [1.54, 1.807) is 0 Å². The Balaban J connectivity index is 2.29. The van der Waals surface area contributed by atoms with Gasteiger partial charge in [0.05, 0.1) is 7.05 Å². The molecule has 5 nitrogen and oxygen atoms in total. The summed E-state index contributed by atoms with van der Waals surface area (Å²) in [6, 6.07) is -0.0627. The molecule has 21 heavy (non-hydrogen) atoms. The van der Waals surface area contributed by atoms with Crippen molar-refractivity contribution in [2.24, 2.45) is 5.92 Å². The number of amides is 2. The molecule has 0 saturated heterocycles. The van der Waals surface area contributed by atoms with E-state index in [2.05, 4.69) is 10.6 Å². The van der Waals surface area contributed by atoms with E-state index in [-0.39, 0.29) is 23.9 Å². The lowest BCUT2D eigenvalue weighted by Gasteiger charge is -2.24. The molecule has 2 atom stereocenters. The predicted molar refractivity (Wildman–Crippen MR) is 84.1 cm³/mol. The lowest BCUT2D eigenvalue weighted by atomic mass is 9.89. The molecule has 0 heterocycles. The largest absolute Gasteiger partial charge is 0.351 e. The standard InChI is InChI=1S/C16H31N3O2/c1-12(2)18-15(20)11-19(4)13(3)16(21)17-10-14-8-6-5-7-9-14/h12-14H,5-11H2,1-4H3,(H,17,21)(H,18,20)/p+1/t13-/m0/s1. The van der Waals surface area contributed by atoms with E-state index in [0.717, 1.165) is 11.4 Å². The van der Waals surface area contributed by atoms with Crippen molar-refractivity contribution in [1.29, 1.82) is 0 Å². The third kappa shape index (κ3) is 6.93. The van der Waals surface area contributed by atoms with E-state index >= 15 is 0 Å². The van der Waals surface area contributed by atoms with Crippen LogP contribution in [0.3, 0.4) is 0 Å². The Morgan fingerprint density at radius 2 is 1.76 bits per heavy atom. The zero-order valence-corrected chi connectivity index (χ0v) is 14.0. The van der Waals surface area contributed by atoms with Crippen LogP contribution in [0.25, 0.3) is 0 Å². The van der Waals surface area contributed by atoms with Crippen molar-refractivity contribution in [3.8, 4) is 0 Å². The Labute approximate surface area is 128 Å². The maximum absolute atomic E-state index is 12.2. The third-order valence-corrected chi connectivity index (χ3v) is 4.31. The van der Waals surface area contributed by atoms with Crippen molar-refractivity contribution in [1.82, 2.24) is 10.6 Å². The van der Waals surface area contributed by atoms with E-state index in [1.165, 1.54) is 32.1 Å². The van der Waals surface area contributed by atoms with Crippen LogP contribution in [-0.4, -0.2) is 44.0 Å². The quantitative estimate of drug-likeness (QED) is 0.625. The van der Waals surface area contributed by atoms with Crippen molar-refractivity contribution in [2.75, 3.05) is 20.1 Å². The molecule has 2 amide bonds. The average molecular weight is 298 g/mol. The van der Waals surface area contributed by atoms with Gasteiger partial charge in [-0.05, 0) is 39.5 Å². The third-order valence-electron chi connectivity index (χ3n) is 4.31. The fraction of sp³-hybridized carbons (Fsp3) is 0.875. The lowest BCUT2D eigenvalue weighted by molar-refractivity contribution is -0.886. The number of likely N-dealkylation sites (N-methyl/N-ethyl adjacent to an activating group) is 1. The first-order valence-electron chi connectivity index (χ1n) is 8.29. The number of quaternary nitrogens is 1. The first-order chi connectivity index (χ1) is 9.90. The van der Waals surface area contributed by atoms with Gasteiger partial charge in [0.25, 0.3) is 11.8 Å². The molecule has 1 fully saturated rings. The highest BCUT2D eigenvalue weighted by Crippen LogP contribution is 2.22. The van der Waals surface area contributed by atoms with Crippen molar-refractivity contribution in [3.05, 3.63) is 0 Å². The Bertz CT molecular complexity index is 338. The molecule has 0 aliphatic heterocycles. The van der Waals surface area contributed by atoms with Crippen molar-refractivity contribution >= 4 is 11.8 Å². The molecule has 0 aromatic rings. The number of nitrogens with one attached hydrogen (secondary N) is 3. The minimum absolute atomic E-state index is 0.00516. The normalized spacial score (nSPS) is 19.1. The second kappa shape index (κ2) is 9.03. The average Bonchev–Trinajstić information content (AvgIpc) is 2.44. The maximum atomic E-state index is 12.2. The summed E-state index contributed by atoms with van der Waals surface area (Å²) in [6.45, 7) is 6.88. The van der Waals surface area contributed by atoms with Crippen LogP contribution < -0.4 is 15.5 Å². The Morgan fingerprint density at radius 3 is 2.33 bits per heavy atom. The molecular formula is C16H32N3O2+. The van der Waals surface area contributed by atoms with Crippen molar-refractivity contribution in [3.63, 3.8) is 0 Å². The second-order valence-corrected chi connectivity index (χ2v) is 6.72. The summed E-state index contributed by atoms with van der Waals surface area (Å²) in [6.07, 6.45) is 6.37. The molecule has 0 aromatic carbocycles. The van der Waals surface area contributed by atoms with Crippen molar-refractivity contribution < 1.29 is 14.5 Å². The summed E-state index contributed by atoms with van der Waals surface area (Å²) in [5.41, 5.74) is 0. The summed E-state index contributed by atoms with van der Waals surface area (Å²) in [5.74, 6) is 0.685. The van der Waals surface area contributed by atoms with Crippen LogP contribution in [0.2, 0.25) is 0 Å². The van der Waals surface area contributed by atoms with E-state index in [0.29, 0.717) is 12.5 Å². The number of rotatable bonds is 7. The molecular weight excluding hydrogens is 266 g/mol.